The highest BCUT2D eigenvalue weighted by Gasteiger charge is 1.99. The van der Waals surface area contributed by atoms with Gasteiger partial charge in [0.1, 0.15) is 0 Å². The van der Waals surface area contributed by atoms with Crippen LogP contribution in [-0.2, 0) is 4.74 Å². The fraction of sp³-hybridized carbons (Fsp3) is 0.923. The van der Waals surface area contributed by atoms with Crippen LogP contribution in [0, 0.1) is 0 Å². The van der Waals surface area contributed by atoms with Crippen LogP contribution in [-0.4, -0.2) is 32.3 Å². The molecule has 2 N–H and O–H groups in total. The van der Waals surface area contributed by atoms with E-state index in [1.54, 1.807) is 0 Å². The smallest absolute Gasteiger partial charge is 0.407 e. The molecular weight excluding hydrogens is 216 g/mol. The number of hydrogen-bond acceptors (Lipinski definition) is 3. The van der Waals surface area contributed by atoms with E-state index in [2.05, 4.69) is 24.5 Å². The van der Waals surface area contributed by atoms with Crippen molar-refractivity contribution in [3.8, 4) is 0 Å². The summed E-state index contributed by atoms with van der Waals surface area (Å²) in [7, 11) is 0. The second kappa shape index (κ2) is 13.3. The fourth-order valence-electron chi connectivity index (χ4n) is 1.36. The molecule has 0 rings (SSSR count). The summed E-state index contributed by atoms with van der Waals surface area (Å²) < 4.78 is 5.04. The molecule has 0 atom stereocenters. The molecule has 0 aromatic carbocycles. The monoisotopic (exact) mass is 244 g/mol. The lowest BCUT2D eigenvalue weighted by Crippen LogP contribution is -2.25. The summed E-state index contributed by atoms with van der Waals surface area (Å²) in [6.45, 7) is 7.63. The molecule has 0 aliphatic rings. The summed E-state index contributed by atoms with van der Waals surface area (Å²) in [6, 6.07) is 0. The lowest BCUT2D eigenvalue weighted by molar-refractivity contribution is 0.144. The van der Waals surface area contributed by atoms with Crippen molar-refractivity contribution < 1.29 is 9.53 Å². The van der Waals surface area contributed by atoms with Gasteiger partial charge in [0.05, 0.1) is 6.61 Å². The predicted molar refractivity (Wildman–Crippen MR) is 71.3 cm³/mol. The molecule has 0 aromatic heterocycles. The Morgan fingerprint density at radius 1 is 0.941 bits per heavy atom. The average Bonchev–Trinajstić information content (AvgIpc) is 2.33. The third kappa shape index (κ3) is 13.2. The molecule has 102 valence electrons. The minimum atomic E-state index is -0.280. The molecule has 0 unspecified atom stereocenters. The van der Waals surface area contributed by atoms with Crippen molar-refractivity contribution in [3.05, 3.63) is 0 Å². The summed E-state index contributed by atoms with van der Waals surface area (Å²) in [4.78, 5) is 11.1. The van der Waals surface area contributed by atoms with Gasteiger partial charge in [-0.25, -0.2) is 4.79 Å². The van der Waals surface area contributed by atoms with Crippen LogP contribution in [0.3, 0.4) is 0 Å². The third-order valence-electron chi connectivity index (χ3n) is 2.49. The topological polar surface area (TPSA) is 50.4 Å². The van der Waals surface area contributed by atoms with Crippen molar-refractivity contribution in [1.82, 2.24) is 10.6 Å². The molecular formula is C13H28N2O2. The number of unbranched alkanes of at least 4 members (excludes halogenated alkanes) is 3. The molecule has 0 fully saturated rings. The van der Waals surface area contributed by atoms with Gasteiger partial charge in [0, 0.05) is 6.54 Å². The summed E-state index contributed by atoms with van der Waals surface area (Å²) in [5, 5.41) is 6.09. The highest BCUT2D eigenvalue weighted by atomic mass is 16.5. The molecule has 0 aliphatic heterocycles. The Kier molecular flexibility index (Phi) is 12.7. The summed E-state index contributed by atoms with van der Waals surface area (Å²) in [6.07, 6.45) is 6.27. The Hall–Kier alpha value is -0.770. The van der Waals surface area contributed by atoms with Crippen LogP contribution in [0.15, 0.2) is 0 Å². The van der Waals surface area contributed by atoms with Gasteiger partial charge in [0.25, 0.3) is 0 Å². The predicted octanol–water partition coefficient (Wildman–Crippen LogP) is 2.68. The van der Waals surface area contributed by atoms with E-state index in [-0.39, 0.29) is 6.09 Å². The molecule has 0 heterocycles. The van der Waals surface area contributed by atoms with Gasteiger partial charge in [-0.05, 0) is 38.8 Å². The Balaban J connectivity index is 3.08. The number of rotatable bonds is 11. The molecule has 17 heavy (non-hydrogen) atoms. The van der Waals surface area contributed by atoms with Gasteiger partial charge in [-0.3, -0.25) is 0 Å². The van der Waals surface area contributed by atoms with Gasteiger partial charge >= 0.3 is 6.09 Å². The maximum Gasteiger partial charge on any atom is 0.407 e. The molecule has 0 bridgehead atoms. The standard InChI is InChI=1S/C13H28N2O2/c1-3-5-9-14-10-7-8-12-17-13(16)15-11-6-4-2/h14H,3-12H2,1-2H3,(H,15,16). The molecule has 1 amide bonds. The fourth-order valence-corrected chi connectivity index (χ4v) is 1.36. The van der Waals surface area contributed by atoms with Crippen molar-refractivity contribution in [3.63, 3.8) is 0 Å². The second-order valence-corrected chi connectivity index (χ2v) is 4.23. The van der Waals surface area contributed by atoms with Crippen LogP contribution in [0.5, 0.6) is 0 Å². The van der Waals surface area contributed by atoms with E-state index >= 15 is 0 Å². The Bertz CT molecular complexity index is 175. The van der Waals surface area contributed by atoms with Crippen molar-refractivity contribution in [2.75, 3.05) is 26.2 Å². The maximum atomic E-state index is 11.1. The molecule has 0 aliphatic carbocycles. The molecule has 0 radical (unpaired) electrons. The van der Waals surface area contributed by atoms with Crippen LogP contribution in [0.25, 0.3) is 0 Å². The van der Waals surface area contributed by atoms with E-state index in [9.17, 15) is 4.79 Å². The number of alkyl carbamates (subject to hydrolysis) is 1. The molecule has 0 saturated heterocycles. The van der Waals surface area contributed by atoms with Crippen molar-refractivity contribution >= 4 is 6.09 Å². The van der Waals surface area contributed by atoms with E-state index in [4.69, 9.17) is 4.74 Å². The van der Waals surface area contributed by atoms with E-state index in [1.165, 1.54) is 12.8 Å². The van der Waals surface area contributed by atoms with E-state index in [1.807, 2.05) is 0 Å². The number of nitrogens with one attached hydrogen (secondary N) is 2. The van der Waals surface area contributed by atoms with Gasteiger partial charge in [-0.2, -0.15) is 0 Å². The lowest BCUT2D eigenvalue weighted by atomic mass is 10.3. The van der Waals surface area contributed by atoms with Gasteiger partial charge in [-0.1, -0.05) is 26.7 Å². The average molecular weight is 244 g/mol. The summed E-state index contributed by atoms with van der Waals surface area (Å²) in [5.74, 6) is 0. The van der Waals surface area contributed by atoms with Gasteiger partial charge in [0.2, 0.25) is 0 Å². The zero-order valence-electron chi connectivity index (χ0n) is 11.4. The number of amides is 1. The summed E-state index contributed by atoms with van der Waals surface area (Å²) >= 11 is 0. The van der Waals surface area contributed by atoms with Crippen LogP contribution >= 0.6 is 0 Å². The normalized spacial score (nSPS) is 10.2. The Morgan fingerprint density at radius 2 is 1.59 bits per heavy atom. The minimum Gasteiger partial charge on any atom is -0.450 e. The molecule has 4 heteroatoms. The number of ether oxygens (including phenoxy) is 1. The third-order valence-corrected chi connectivity index (χ3v) is 2.49. The second-order valence-electron chi connectivity index (χ2n) is 4.23. The zero-order valence-corrected chi connectivity index (χ0v) is 11.4. The maximum absolute atomic E-state index is 11.1. The van der Waals surface area contributed by atoms with E-state index < -0.39 is 0 Å². The summed E-state index contributed by atoms with van der Waals surface area (Å²) in [5.41, 5.74) is 0. The molecule has 0 aromatic rings. The largest absolute Gasteiger partial charge is 0.450 e. The number of carbonyl (C=O) groups excluding carboxylic acids is 1. The van der Waals surface area contributed by atoms with Crippen molar-refractivity contribution in [2.24, 2.45) is 0 Å². The van der Waals surface area contributed by atoms with Crippen LogP contribution in [0.1, 0.15) is 52.4 Å². The van der Waals surface area contributed by atoms with Crippen LogP contribution in [0.4, 0.5) is 4.79 Å². The van der Waals surface area contributed by atoms with Gasteiger partial charge in [-0.15, -0.1) is 0 Å². The SMILES string of the molecule is CCCCNCCCCOC(=O)NCCCC. The first-order chi connectivity index (χ1) is 8.31. The quantitative estimate of drug-likeness (QED) is 0.549. The Morgan fingerprint density at radius 3 is 2.29 bits per heavy atom. The Labute approximate surface area is 105 Å². The number of carbonyl (C=O) groups is 1. The molecule has 0 spiro atoms. The lowest BCUT2D eigenvalue weighted by Gasteiger charge is -2.06. The molecule has 0 saturated carbocycles. The minimum absolute atomic E-state index is 0.280. The first-order valence-corrected chi connectivity index (χ1v) is 6.92. The number of hydrogen-bond donors (Lipinski definition) is 2. The van der Waals surface area contributed by atoms with Crippen molar-refractivity contribution in [1.29, 1.82) is 0 Å². The van der Waals surface area contributed by atoms with Crippen LogP contribution in [0.2, 0.25) is 0 Å². The van der Waals surface area contributed by atoms with Gasteiger partial charge < -0.3 is 15.4 Å². The molecule has 4 nitrogen and oxygen atoms in total. The zero-order chi connectivity index (χ0) is 12.8. The first kappa shape index (κ1) is 16.2. The van der Waals surface area contributed by atoms with E-state index in [0.29, 0.717) is 13.2 Å². The van der Waals surface area contributed by atoms with Crippen molar-refractivity contribution in [2.45, 2.75) is 52.4 Å². The van der Waals surface area contributed by atoms with Gasteiger partial charge in [0.15, 0.2) is 0 Å². The highest BCUT2D eigenvalue weighted by molar-refractivity contribution is 5.66. The highest BCUT2D eigenvalue weighted by Crippen LogP contribution is 1.91. The van der Waals surface area contributed by atoms with E-state index in [0.717, 1.165) is 38.8 Å². The van der Waals surface area contributed by atoms with Crippen LogP contribution < -0.4 is 10.6 Å². The first-order valence-electron chi connectivity index (χ1n) is 6.92.